The fourth-order valence-electron chi connectivity index (χ4n) is 3.45. The molecule has 1 N–H and O–H groups in total. The molecule has 25 heavy (non-hydrogen) atoms. The largest absolute Gasteiger partial charge is 0.346 e. The van der Waals surface area contributed by atoms with Crippen molar-refractivity contribution in [2.75, 3.05) is 0 Å². The molecule has 0 aromatic carbocycles. The highest BCUT2D eigenvalue weighted by atomic mass is 79.9. The molecule has 0 amide bonds. The summed E-state index contributed by atoms with van der Waals surface area (Å²) in [6, 6.07) is 0. The van der Waals surface area contributed by atoms with Crippen LogP contribution in [0.4, 0.5) is 0 Å². The van der Waals surface area contributed by atoms with Crippen LogP contribution in [0.3, 0.4) is 0 Å². The first-order valence-corrected chi connectivity index (χ1v) is 9.61. The average Bonchev–Trinajstić information content (AvgIpc) is 3.19. The van der Waals surface area contributed by atoms with Crippen molar-refractivity contribution < 1.29 is 0 Å². The van der Waals surface area contributed by atoms with Gasteiger partial charge in [0.05, 0.1) is 9.48 Å². The molecule has 0 aliphatic carbocycles. The molecule has 0 fully saturated rings. The van der Waals surface area contributed by atoms with Crippen LogP contribution in [0.2, 0.25) is 0 Å². The SMILES string of the molecule is Cc1c(-c2[nH]c3sc(Br)c(C)c3c2C(C)C)cn2ncnc2c1C.S. The number of H-pyrrole nitrogens is 1. The number of halogens is 1. The summed E-state index contributed by atoms with van der Waals surface area (Å²) in [7, 11) is 0. The highest BCUT2D eigenvalue weighted by molar-refractivity contribution is 9.11. The van der Waals surface area contributed by atoms with E-state index in [1.165, 1.54) is 47.5 Å². The second-order valence-corrected chi connectivity index (χ2v) is 8.93. The number of nitrogens with zero attached hydrogens (tertiary/aromatic N) is 3. The Morgan fingerprint density at radius 1 is 1.16 bits per heavy atom. The summed E-state index contributed by atoms with van der Waals surface area (Å²) in [5.41, 5.74) is 8.46. The Hall–Kier alpha value is -1.31. The van der Waals surface area contributed by atoms with Crippen LogP contribution in [-0.2, 0) is 0 Å². The van der Waals surface area contributed by atoms with Gasteiger partial charge in [0, 0.05) is 17.1 Å². The first-order valence-electron chi connectivity index (χ1n) is 8.00. The number of aromatic nitrogens is 4. The van der Waals surface area contributed by atoms with Gasteiger partial charge in [0.15, 0.2) is 5.65 Å². The molecule has 132 valence electrons. The van der Waals surface area contributed by atoms with Crippen molar-refractivity contribution in [2.24, 2.45) is 0 Å². The fraction of sp³-hybridized carbons (Fsp3) is 0.333. The monoisotopic (exact) mass is 436 g/mol. The predicted molar refractivity (Wildman–Crippen MR) is 115 cm³/mol. The average molecular weight is 437 g/mol. The van der Waals surface area contributed by atoms with E-state index in [2.05, 4.69) is 71.8 Å². The minimum atomic E-state index is 0. The second-order valence-electron chi connectivity index (χ2n) is 6.59. The van der Waals surface area contributed by atoms with E-state index >= 15 is 0 Å². The van der Waals surface area contributed by atoms with Crippen LogP contribution < -0.4 is 0 Å². The van der Waals surface area contributed by atoms with Crippen molar-refractivity contribution in [1.29, 1.82) is 0 Å². The Kier molecular flexibility index (Phi) is 4.77. The van der Waals surface area contributed by atoms with Gasteiger partial charge < -0.3 is 4.98 Å². The van der Waals surface area contributed by atoms with Gasteiger partial charge in [0.25, 0.3) is 0 Å². The van der Waals surface area contributed by atoms with Gasteiger partial charge in [-0.3, -0.25) is 0 Å². The summed E-state index contributed by atoms with van der Waals surface area (Å²) >= 11 is 5.45. The first-order chi connectivity index (χ1) is 11.4. The van der Waals surface area contributed by atoms with E-state index in [0.29, 0.717) is 5.92 Å². The molecule has 0 radical (unpaired) electrons. The van der Waals surface area contributed by atoms with Crippen LogP contribution in [0.25, 0.3) is 27.1 Å². The van der Waals surface area contributed by atoms with Crippen LogP contribution in [-0.4, -0.2) is 19.6 Å². The minimum Gasteiger partial charge on any atom is -0.346 e. The Bertz CT molecular complexity index is 1090. The van der Waals surface area contributed by atoms with Gasteiger partial charge in [-0.25, -0.2) is 9.50 Å². The number of aromatic amines is 1. The molecule has 0 spiro atoms. The van der Waals surface area contributed by atoms with E-state index in [1.54, 1.807) is 17.7 Å². The van der Waals surface area contributed by atoms with Gasteiger partial charge in [-0.2, -0.15) is 18.6 Å². The second kappa shape index (κ2) is 6.45. The van der Waals surface area contributed by atoms with Gasteiger partial charge in [0.2, 0.25) is 0 Å². The first kappa shape index (κ1) is 18.5. The molecular weight excluding hydrogens is 416 g/mol. The molecule has 4 nitrogen and oxygen atoms in total. The van der Waals surface area contributed by atoms with Crippen LogP contribution >= 0.6 is 40.8 Å². The van der Waals surface area contributed by atoms with Crippen molar-refractivity contribution in [3.05, 3.63) is 38.6 Å². The van der Waals surface area contributed by atoms with Crippen LogP contribution in [0, 0.1) is 20.8 Å². The lowest BCUT2D eigenvalue weighted by Crippen LogP contribution is -1.99. The summed E-state index contributed by atoms with van der Waals surface area (Å²) in [4.78, 5) is 9.27. The standard InChI is InChI=1S/C18H19BrN4S.H2S/c1-8(2)13-14-11(5)16(19)24-18(14)22-15(13)12-6-23-17(20-7-21-23)10(4)9(12)3;/h6-8,22H,1-5H3;1H2. The normalized spacial score (nSPS) is 11.6. The zero-order chi connectivity index (χ0) is 17.2. The van der Waals surface area contributed by atoms with Gasteiger partial charge in [-0.1, -0.05) is 13.8 Å². The number of hydrogen-bond acceptors (Lipinski definition) is 3. The maximum Gasteiger partial charge on any atom is 0.158 e. The number of nitrogens with one attached hydrogen (secondary N) is 1. The molecule has 0 saturated carbocycles. The Morgan fingerprint density at radius 2 is 1.88 bits per heavy atom. The summed E-state index contributed by atoms with van der Waals surface area (Å²) in [5.74, 6) is 0.431. The molecule has 0 atom stereocenters. The summed E-state index contributed by atoms with van der Waals surface area (Å²) in [5, 5.41) is 5.70. The number of fused-ring (bicyclic) bond motifs is 2. The van der Waals surface area contributed by atoms with Gasteiger partial charge >= 0.3 is 0 Å². The van der Waals surface area contributed by atoms with Crippen molar-refractivity contribution in [2.45, 2.75) is 40.5 Å². The smallest absolute Gasteiger partial charge is 0.158 e. The molecule has 0 aliphatic heterocycles. The number of aryl methyl sites for hydroxylation is 2. The van der Waals surface area contributed by atoms with Gasteiger partial charge in [0.1, 0.15) is 11.2 Å². The molecule has 7 heteroatoms. The summed E-state index contributed by atoms with van der Waals surface area (Å²) < 4.78 is 3.08. The molecule has 0 aliphatic rings. The third-order valence-corrected chi connectivity index (χ3v) is 6.91. The Balaban J connectivity index is 0.00000182. The Morgan fingerprint density at radius 3 is 2.56 bits per heavy atom. The lowest BCUT2D eigenvalue weighted by Gasteiger charge is -2.13. The molecular formula is C18H21BrN4S2. The molecule has 4 rings (SSSR count). The highest BCUT2D eigenvalue weighted by Gasteiger charge is 2.23. The van der Waals surface area contributed by atoms with Crippen LogP contribution in [0.5, 0.6) is 0 Å². The van der Waals surface area contributed by atoms with Crippen LogP contribution in [0.15, 0.2) is 16.3 Å². The molecule has 4 aromatic rings. The lowest BCUT2D eigenvalue weighted by molar-refractivity contribution is 0.875. The van der Waals surface area contributed by atoms with Crippen molar-refractivity contribution in [3.63, 3.8) is 0 Å². The predicted octanol–water partition coefficient (Wildman–Crippen LogP) is 5.86. The number of thiophene rings is 1. The van der Waals surface area contributed by atoms with Crippen LogP contribution in [0.1, 0.15) is 42.0 Å². The maximum absolute atomic E-state index is 4.37. The number of rotatable bonds is 2. The van der Waals surface area contributed by atoms with E-state index in [0.717, 1.165) is 5.65 Å². The molecule has 0 unspecified atom stereocenters. The van der Waals surface area contributed by atoms with E-state index in [4.69, 9.17) is 0 Å². The number of hydrogen-bond donors (Lipinski definition) is 1. The topological polar surface area (TPSA) is 46.0 Å². The van der Waals surface area contributed by atoms with Gasteiger partial charge in [-0.05, 0) is 64.9 Å². The van der Waals surface area contributed by atoms with Crippen molar-refractivity contribution >= 4 is 56.6 Å². The minimum absolute atomic E-state index is 0. The van der Waals surface area contributed by atoms with E-state index in [-0.39, 0.29) is 13.5 Å². The van der Waals surface area contributed by atoms with E-state index < -0.39 is 0 Å². The molecule has 0 saturated heterocycles. The molecule has 4 aromatic heterocycles. The fourth-order valence-corrected chi connectivity index (χ4v) is 5.08. The Labute approximate surface area is 166 Å². The van der Waals surface area contributed by atoms with E-state index in [1.807, 2.05) is 4.52 Å². The molecule has 0 bridgehead atoms. The quantitative estimate of drug-likeness (QED) is 0.427. The lowest BCUT2D eigenvalue weighted by atomic mass is 9.93. The van der Waals surface area contributed by atoms with Crippen molar-refractivity contribution in [1.82, 2.24) is 19.6 Å². The maximum atomic E-state index is 4.37. The zero-order valence-corrected chi connectivity index (χ0v) is 18.3. The highest BCUT2D eigenvalue weighted by Crippen LogP contribution is 2.44. The van der Waals surface area contributed by atoms with Gasteiger partial charge in [-0.15, -0.1) is 11.3 Å². The molecule has 4 heterocycles. The number of pyridine rings is 1. The summed E-state index contributed by atoms with van der Waals surface area (Å²) in [6.07, 6.45) is 3.71. The van der Waals surface area contributed by atoms with E-state index in [9.17, 15) is 0 Å². The summed E-state index contributed by atoms with van der Waals surface area (Å²) in [6.45, 7) is 11.0. The third kappa shape index (κ3) is 2.64. The van der Waals surface area contributed by atoms with Crippen molar-refractivity contribution in [3.8, 4) is 11.3 Å². The zero-order valence-electron chi connectivity index (χ0n) is 14.9. The third-order valence-electron chi connectivity index (χ3n) is 4.84.